The standard InChI is InChI=1S/C11H24N3.Ni/c1-6-14(7-2)9-8-12-10-13-11(3,4)5;/h10H,6-9H2,1-5H3;/q-1;. The van der Waals surface area contributed by atoms with Crippen LogP contribution in [0.25, 0.3) is 5.32 Å². The Morgan fingerprint density at radius 2 is 1.73 bits per heavy atom. The summed E-state index contributed by atoms with van der Waals surface area (Å²) in [4.78, 5) is 6.65. The molecule has 0 amide bonds. The van der Waals surface area contributed by atoms with Crippen LogP contribution in [0.15, 0.2) is 4.99 Å². The molecule has 94 valence electrons. The zero-order chi connectivity index (χ0) is 11.0. The molecule has 0 fully saturated rings. The fraction of sp³-hybridized carbons (Fsp3) is 0.909. The number of rotatable bonds is 6. The molecule has 0 heterocycles. The van der Waals surface area contributed by atoms with Gasteiger partial charge in [-0.25, -0.2) is 0 Å². The van der Waals surface area contributed by atoms with E-state index in [0.717, 1.165) is 26.2 Å². The molecular formula is C11H24N3Ni-. The van der Waals surface area contributed by atoms with Gasteiger partial charge in [0.2, 0.25) is 0 Å². The summed E-state index contributed by atoms with van der Waals surface area (Å²) in [7, 11) is 0. The van der Waals surface area contributed by atoms with Gasteiger partial charge in [0, 0.05) is 16.5 Å². The molecule has 0 aromatic rings. The summed E-state index contributed by atoms with van der Waals surface area (Å²) in [5.74, 6) is 0. The molecule has 15 heavy (non-hydrogen) atoms. The van der Waals surface area contributed by atoms with Crippen LogP contribution in [0.1, 0.15) is 34.6 Å². The van der Waals surface area contributed by atoms with Crippen LogP contribution in [-0.4, -0.2) is 43.0 Å². The van der Waals surface area contributed by atoms with Gasteiger partial charge in [0.1, 0.15) is 0 Å². The Kier molecular flexibility index (Phi) is 10.6. The predicted molar refractivity (Wildman–Crippen MR) is 64.3 cm³/mol. The maximum atomic E-state index is 4.29. The summed E-state index contributed by atoms with van der Waals surface area (Å²) in [5, 5.41) is 4.26. The van der Waals surface area contributed by atoms with E-state index in [1.807, 2.05) is 0 Å². The predicted octanol–water partition coefficient (Wildman–Crippen LogP) is 2.53. The molecule has 0 rings (SSSR count). The van der Waals surface area contributed by atoms with Gasteiger partial charge in [-0.1, -0.05) is 34.6 Å². The van der Waals surface area contributed by atoms with Crippen LogP contribution in [0.4, 0.5) is 0 Å². The van der Waals surface area contributed by atoms with E-state index >= 15 is 0 Å². The maximum absolute atomic E-state index is 4.29. The number of nitrogens with zero attached hydrogens (tertiary/aromatic N) is 3. The quantitative estimate of drug-likeness (QED) is 0.311. The van der Waals surface area contributed by atoms with Gasteiger partial charge in [-0.2, -0.15) is 0 Å². The molecule has 0 saturated carbocycles. The number of hydrogen-bond acceptors (Lipinski definition) is 2. The van der Waals surface area contributed by atoms with E-state index in [1.54, 1.807) is 6.34 Å². The SMILES string of the molecule is CCN(CC)CC[N-]C=NC(C)(C)C.[Ni]. The van der Waals surface area contributed by atoms with E-state index in [9.17, 15) is 0 Å². The zero-order valence-corrected chi connectivity index (χ0v) is 11.6. The summed E-state index contributed by atoms with van der Waals surface area (Å²) in [6.07, 6.45) is 1.70. The van der Waals surface area contributed by atoms with Crippen molar-refractivity contribution in [1.82, 2.24) is 4.90 Å². The summed E-state index contributed by atoms with van der Waals surface area (Å²) in [6.45, 7) is 14.6. The molecular weight excluding hydrogens is 233 g/mol. The smallest absolute Gasteiger partial charge is 0 e. The second-order valence-electron chi connectivity index (χ2n) is 4.35. The molecule has 0 aliphatic heterocycles. The number of likely N-dealkylation sites (N-methyl/N-ethyl adjacent to an activating group) is 1. The second kappa shape index (κ2) is 9.17. The van der Waals surface area contributed by atoms with Crippen molar-refractivity contribution < 1.29 is 16.5 Å². The van der Waals surface area contributed by atoms with Gasteiger partial charge >= 0.3 is 0 Å². The fourth-order valence-electron chi connectivity index (χ4n) is 1.01. The molecule has 0 spiro atoms. The van der Waals surface area contributed by atoms with Crippen molar-refractivity contribution in [3.63, 3.8) is 0 Å². The van der Waals surface area contributed by atoms with E-state index in [2.05, 4.69) is 49.8 Å². The zero-order valence-electron chi connectivity index (χ0n) is 10.6. The molecule has 4 heteroatoms. The average molecular weight is 257 g/mol. The summed E-state index contributed by atoms with van der Waals surface area (Å²) in [5.41, 5.74) is -0.00129. The van der Waals surface area contributed by atoms with Gasteiger partial charge in [-0.15, -0.1) is 6.34 Å². The first kappa shape index (κ1) is 17.3. The molecule has 0 N–H and O–H groups in total. The van der Waals surface area contributed by atoms with Crippen LogP contribution in [-0.2, 0) is 16.5 Å². The molecule has 0 aliphatic rings. The topological polar surface area (TPSA) is 29.7 Å². The van der Waals surface area contributed by atoms with E-state index in [4.69, 9.17) is 0 Å². The average Bonchev–Trinajstić information content (AvgIpc) is 2.09. The van der Waals surface area contributed by atoms with Gasteiger partial charge < -0.3 is 15.2 Å². The normalized spacial score (nSPS) is 11.9. The van der Waals surface area contributed by atoms with Crippen molar-refractivity contribution in [2.24, 2.45) is 4.99 Å². The Morgan fingerprint density at radius 3 is 2.13 bits per heavy atom. The maximum Gasteiger partial charge on any atom is 0 e. The van der Waals surface area contributed by atoms with Crippen LogP contribution >= 0.6 is 0 Å². The summed E-state index contributed by atoms with van der Waals surface area (Å²) in [6, 6.07) is 0. The van der Waals surface area contributed by atoms with Crippen molar-refractivity contribution in [2.45, 2.75) is 40.2 Å². The first-order chi connectivity index (χ1) is 6.49. The van der Waals surface area contributed by atoms with E-state index in [0.29, 0.717) is 0 Å². The second-order valence-corrected chi connectivity index (χ2v) is 4.35. The molecule has 0 aromatic heterocycles. The molecule has 3 nitrogen and oxygen atoms in total. The molecule has 0 aliphatic carbocycles. The first-order valence-electron chi connectivity index (χ1n) is 5.42. The third kappa shape index (κ3) is 11.9. The minimum atomic E-state index is -0.00129. The third-order valence-corrected chi connectivity index (χ3v) is 1.97. The van der Waals surface area contributed by atoms with Crippen molar-refractivity contribution in [3.05, 3.63) is 5.32 Å². The van der Waals surface area contributed by atoms with Crippen LogP contribution in [0.5, 0.6) is 0 Å². The summed E-state index contributed by atoms with van der Waals surface area (Å²) >= 11 is 0. The van der Waals surface area contributed by atoms with Crippen molar-refractivity contribution >= 4 is 6.34 Å². The Balaban J connectivity index is 0. The third-order valence-electron chi connectivity index (χ3n) is 1.97. The molecule has 0 radical (unpaired) electrons. The monoisotopic (exact) mass is 256 g/mol. The van der Waals surface area contributed by atoms with Gasteiger partial charge in [0.15, 0.2) is 0 Å². The van der Waals surface area contributed by atoms with E-state index < -0.39 is 0 Å². The number of aliphatic imine (C=N–C) groups is 1. The van der Waals surface area contributed by atoms with Crippen LogP contribution in [0.3, 0.4) is 0 Å². The Labute approximate surface area is 105 Å². The molecule has 0 saturated heterocycles. The van der Waals surface area contributed by atoms with Crippen molar-refractivity contribution in [3.8, 4) is 0 Å². The molecule has 0 bridgehead atoms. The fourth-order valence-corrected chi connectivity index (χ4v) is 1.01. The minimum Gasteiger partial charge on any atom is -0.471 e. The van der Waals surface area contributed by atoms with Gasteiger partial charge in [0.25, 0.3) is 0 Å². The van der Waals surface area contributed by atoms with Gasteiger partial charge in [-0.05, 0) is 31.7 Å². The van der Waals surface area contributed by atoms with Gasteiger partial charge in [-0.3, -0.25) is 0 Å². The van der Waals surface area contributed by atoms with Crippen LogP contribution in [0, 0.1) is 0 Å². The van der Waals surface area contributed by atoms with Crippen LogP contribution in [0.2, 0.25) is 0 Å². The Hall–Kier alpha value is -0.0765. The Bertz CT molecular complexity index is 160. The summed E-state index contributed by atoms with van der Waals surface area (Å²) < 4.78 is 0. The first-order valence-corrected chi connectivity index (χ1v) is 5.42. The van der Waals surface area contributed by atoms with E-state index in [1.165, 1.54) is 0 Å². The van der Waals surface area contributed by atoms with Gasteiger partial charge in [0.05, 0.1) is 0 Å². The van der Waals surface area contributed by atoms with E-state index in [-0.39, 0.29) is 22.0 Å². The molecule has 0 aromatic carbocycles. The van der Waals surface area contributed by atoms with Crippen LogP contribution < -0.4 is 0 Å². The Morgan fingerprint density at radius 1 is 1.20 bits per heavy atom. The van der Waals surface area contributed by atoms with Crippen molar-refractivity contribution in [2.75, 3.05) is 26.2 Å². The van der Waals surface area contributed by atoms with Crippen molar-refractivity contribution in [1.29, 1.82) is 0 Å². The molecule has 0 atom stereocenters. The number of hydrogen-bond donors (Lipinski definition) is 0. The minimum absolute atomic E-state index is 0. The largest absolute Gasteiger partial charge is 0.471 e. The molecule has 0 unspecified atom stereocenters.